The zero-order valence-electron chi connectivity index (χ0n) is 10.4. The van der Waals surface area contributed by atoms with Gasteiger partial charge >= 0.3 is 0 Å². The molecule has 0 fully saturated rings. The van der Waals surface area contributed by atoms with Crippen LogP contribution in [-0.2, 0) is 4.43 Å². The van der Waals surface area contributed by atoms with Gasteiger partial charge < -0.3 is 9.53 Å². The van der Waals surface area contributed by atoms with E-state index >= 15 is 0 Å². The van der Waals surface area contributed by atoms with Gasteiger partial charge in [0.15, 0.2) is 8.32 Å². The van der Waals surface area contributed by atoms with Gasteiger partial charge in [0.25, 0.3) is 0 Å². The maximum atomic E-state index is 12.6. The van der Waals surface area contributed by atoms with Gasteiger partial charge in [-0.05, 0) is 30.6 Å². The van der Waals surface area contributed by atoms with E-state index < -0.39 is 20.8 Å². The molecule has 90 valence electrons. The zero-order valence-corrected chi connectivity index (χ0v) is 11.4. The monoisotopic (exact) mass is 234 g/mol. The number of aliphatic hydroxyl groups excluding tert-OH is 1. The smallest absolute Gasteiger partial charge is 0.191 e. The highest BCUT2D eigenvalue weighted by molar-refractivity contribution is 6.74. The van der Waals surface area contributed by atoms with Crippen molar-refractivity contribution in [1.29, 1.82) is 0 Å². The first-order valence-corrected chi connectivity index (χ1v) is 8.21. The molecule has 0 unspecified atom stereocenters. The molecular formula is C11H23FO2Si. The predicted molar refractivity (Wildman–Crippen MR) is 64.0 cm³/mol. The molecule has 0 saturated carbocycles. The molecule has 0 radical (unpaired) electrons. The molecule has 0 aliphatic carbocycles. The molecule has 0 saturated heterocycles. The van der Waals surface area contributed by atoms with E-state index in [0.717, 1.165) is 0 Å². The highest BCUT2D eigenvalue weighted by atomic mass is 28.4. The summed E-state index contributed by atoms with van der Waals surface area (Å²) in [5.41, 5.74) is 0. The minimum absolute atomic E-state index is 0.187. The number of rotatable bonds is 5. The zero-order chi connectivity index (χ0) is 12.1. The summed E-state index contributed by atoms with van der Waals surface area (Å²) in [5.74, 6) is -0.478. The Hall–Kier alpha value is -0.193. The molecule has 0 aromatic heterocycles. The van der Waals surface area contributed by atoms with E-state index in [9.17, 15) is 4.39 Å². The fourth-order valence-electron chi connectivity index (χ4n) is 0.811. The lowest BCUT2D eigenvalue weighted by Crippen LogP contribution is -2.40. The van der Waals surface area contributed by atoms with E-state index in [0.29, 0.717) is 13.0 Å². The summed E-state index contributed by atoms with van der Waals surface area (Å²) in [6.07, 6.45) is 1.91. The van der Waals surface area contributed by atoms with Gasteiger partial charge in [0.05, 0.1) is 6.61 Å². The minimum atomic E-state index is -1.70. The molecule has 0 aliphatic heterocycles. The number of hydrogen-bond acceptors (Lipinski definition) is 2. The van der Waals surface area contributed by atoms with Crippen LogP contribution in [0.1, 0.15) is 27.2 Å². The lowest BCUT2D eigenvalue weighted by atomic mass is 10.2. The third kappa shape index (κ3) is 5.44. The first-order valence-electron chi connectivity index (χ1n) is 5.30. The second-order valence-electron chi connectivity index (χ2n) is 5.21. The maximum Gasteiger partial charge on any atom is 0.191 e. The van der Waals surface area contributed by atoms with Crippen LogP contribution in [0.4, 0.5) is 4.39 Å². The Bertz CT molecular complexity index is 219. The van der Waals surface area contributed by atoms with Crippen molar-refractivity contribution in [3.8, 4) is 0 Å². The van der Waals surface area contributed by atoms with Crippen LogP contribution in [0.25, 0.3) is 0 Å². The van der Waals surface area contributed by atoms with Crippen LogP contribution in [0.15, 0.2) is 11.9 Å². The Morgan fingerprint density at radius 1 is 1.40 bits per heavy atom. The summed E-state index contributed by atoms with van der Waals surface area (Å²) in [5, 5.41) is 8.63. The van der Waals surface area contributed by atoms with Crippen LogP contribution < -0.4 is 0 Å². The quantitative estimate of drug-likeness (QED) is 0.584. The van der Waals surface area contributed by atoms with Crippen LogP contribution in [0.5, 0.6) is 0 Å². The summed E-state index contributed by atoms with van der Waals surface area (Å²) in [4.78, 5) is 0. The van der Waals surface area contributed by atoms with Crippen molar-refractivity contribution < 1.29 is 13.9 Å². The second-order valence-corrected chi connectivity index (χ2v) is 10.0. The normalized spacial score (nSPS) is 14.5. The van der Waals surface area contributed by atoms with Gasteiger partial charge in [-0.2, -0.15) is 0 Å². The van der Waals surface area contributed by atoms with Crippen molar-refractivity contribution in [3.63, 3.8) is 0 Å². The lowest BCUT2D eigenvalue weighted by molar-refractivity contribution is 0.284. The van der Waals surface area contributed by atoms with Crippen LogP contribution in [-0.4, -0.2) is 26.6 Å². The van der Waals surface area contributed by atoms with Crippen LogP contribution in [0.3, 0.4) is 0 Å². The largest absolute Gasteiger partial charge is 0.417 e. The molecule has 0 rings (SSSR count). The molecule has 0 aliphatic rings. The van der Waals surface area contributed by atoms with Gasteiger partial charge in [-0.25, -0.2) is 4.39 Å². The Morgan fingerprint density at radius 2 is 1.93 bits per heavy atom. The van der Waals surface area contributed by atoms with Crippen molar-refractivity contribution in [2.45, 2.75) is 45.3 Å². The van der Waals surface area contributed by atoms with Crippen molar-refractivity contribution >= 4 is 8.32 Å². The maximum absolute atomic E-state index is 12.6. The molecule has 15 heavy (non-hydrogen) atoms. The number of aliphatic hydroxyl groups is 1. The first kappa shape index (κ1) is 14.8. The van der Waals surface area contributed by atoms with Crippen LogP contribution in [0.2, 0.25) is 18.1 Å². The third-order valence-corrected chi connectivity index (χ3v) is 7.44. The fourth-order valence-corrected chi connectivity index (χ4v) is 1.87. The van der Waals surface area contributed by atoms with E-state index in [4.69, 9.17) is 9.53 Å². The molecular weight excluding hydrogens is 211 g/mol. The van der Waals surface area contributed by atoms with E-state index in [1.54, 1.807) is 0 Å². The molecule has 2 nitrogen and oxygen atoms in total. The standard InChI is InChI=1S/C11H23FO2Si/c1-11(2,3)15(4,5)14-8-6-7-10(12)9-13/h7,13H,6,8-9H2,1-5H3/b10-7-. The van der Waals surface area contributed by atoms with Gasteiger partial charge in [-0.3, -0.25) is 0 Å². The SMILES string of the molecule is CC(C)(C)[Si](C)(C)OCC/C=C(\F)CO. The average molecular weight is 234 g/mol. The third-order valence-electron chi connectivity index (χ3n) is 2.90. The van der Waals surface area contributed by atoms with Gasteiger partial charge in [-0.1, -0.05) is 20.8 Å². The van der Waals surface area contributed by atoms with E-state index in [-0.39, 0.29) is 5.04 Å². The minimum Gasteiger partial charge on any atom is -0.417 e. The van der Waals surface area contributed by atoms with Crippen LogP contribution >= 0.6 is 0 Å². The molecule has 0 spiro atoms. The Kier molecular flexibility index (Phi) is 5.70. The van der Waals surface area contributed by atoms with Crippen molar-refractivity contribution in [1.82, 2.24) is 0 Å². The van der Waals surface area contributed by atoms with Crippen LogP contribution in [0, 0.1) is 0 Å². The molecule has 0 bridgehead atoms. The summed E-state index contributed by atoms with van der Waals surface area (Å²) >= 11 is 0. The fraction of sp³-hybridized carbons (Fsp3) is 0.818. The van der Waals surface area contributed by atoms with Gasteiger partial charge in [0, 0.05) is 6.61 Å². The highest BCUT2D eigenvalue weighted by Crippen LogP contribution is 2.36. The number of halogens is 1. The molecule has 4 heteroatoms. The van der Waals surface area contributed by atoms with E-state index in [1.807, 2.05) is 0 Å². The Morgan fingerprint density at radius 3 is 2.33 bits per heavy atom. The molecule has 0 heterocycles. The molecule has 0 aromatic rings. The average Bonchev–Trinajstić information content (AvgIpc) is 2.10. The second kappa shape index (κ2) is 5.77. The van der Waals surface area contributed by atoms with Crippen molar-refractivity contribution in [2.75, 3.05) is 13.2 Å². The summed E-state index contributed by atoms with van der Waals surface area (Å²) < 4.78 is 18.4. The lowest BCUT2D eigenvalue weighted by Gasteiger charge is -2.36. The molecule has 0 amide bonds. The molecule has 0 atom stereocenters. The molecule has 1 N–H and O–H groups in total. The van der Waals surface area contributed by atoms with Gasteiger partial charge in [-0.15, -0.1) is 0 Å². The topological polar surface area (TPSA) is 29.5 Å². The predicted octanol–water partition coefficient (Wildman–Crippen LogP) is 3.24. The van der Waals surface area contributed by atoms with Crippen molar-refractivity contribution in [3.05, 3.63) is 11.9 Å². The van der Waals surface area contributed by atoms with Gasteiger partial charge in [0.2, 0.25) is 0 Å². The first-order chi connectivity index (χ1) is 6.70. The summed E-state index contributed by atoms with van der Waals surface area (Å²) in [6, 6.07) is 0. The molecule has 0 aromatic carbocycles. The highest BCUT2D eigenvalue weighted by Gasteiger charge is 2.36. The van der Waals surface area contributed by atoms with Crippen molar-refractivity contribution in [2.24, 2.45) is 0 Å². The Balaban J connectivity index is 3.97. The summed E-state index contributed by atoms with van der Waals surface area (Å²) in [6.45, 7) is 10.9. The van der Waals surface area contributed by atoms with Gasteiger partial charge in [0.1, 0.15) is 5.83 Å². The van der Waals surface area contributed by atoms with E-state index in [1.165, 1.54) is 6.08 Å². The Labute approximate surface area is 93.3 Å². The number of hydrogen-bond donors (Lipinski definition) is 1. The summed E-state index contributed by atoms with van der Waals surface area (Å²) in [7, 11) is -1.70. The van der Waals surface area contributed by atoms with E-state index in [2.05, 4.69) is 33.9 Å².